The molecule has 1 aromatic heterocycles. The van der Waals surface area contributed by atoms with E-state index in [1.54, 1.807) is 6.07 Å². The van der Waals surface area contributed by atoms with Gasteiger partial charge in [0.25, 0.3) is 0 Å². The molecule has 1 radical (unpaired) electrons. The van der Waals surface area contributed by atoms with Crippen molar-refractivity contribution < 1.29 is 0 Å². The van der Waals surface area contributed by atoms with Gasteiger partial charge in [-0.15, -0.1) is 0 Å². The molecule has 0 saturated heterocycles. The number of rotatable bonds is 1. The molecule has 3 rings (SSSR count). The fraction of sp³-hybridized carbons (Fsp3) is 0. The van der Waals surface area contributed by atoms with E-state index in [4.69, 9.17) is 5.26 Å². The number of nitriles is 1. The molecule has 17 heavy (non-hydrogen) atoms. The van der Waals surface area contributed by atoms with Crippen molar-refractivity contribution in [2.24, 2.45) is 0 Å². The highest BCUT2D eigenvalue weighted by Crippen LogP contribution is 2.17. The minimum absolute atomic E-state index is 0.633. The van der Waals surface area contributed by atoms with Crippen molar-refractivity contribution in [2.75, 3.05) is 0 Å². The molecule has 0 aliphatic heterocycles. The number of nitrogens with zero attached hydrogens (tertiary/aromatic N) is 3. The standard InChI is InChI=1S/C14H8N3/c15-9-11-4-3-5-12(8-11)17-10-16-13-6-1-2-7-14(13)17/h1-8H. The number of para-hydroxylation sites is 2. The smallest absolute Gasteiger partial charge is 0.182 e. The predicted molar refractivity (Wildman–Crippen MR) is 64.6 cm³/mol. The van der Waals surface area contributed by atoms with Gasteiger partial charge in [0.15, 0.2) is 6.33 Å². The van der Waals surface area contributed by atoms with Gasteiger partial charge in [-0.25, -0.2) is 4.98 Å². The molecular weight excluding hydrogens is 210 g/mol. The maximum Gasteiger partial charge on any atom is 0.182 e. The van der Waals surface area contributed by atoms with Gasteiger partial charge < -0.3 is 0 Å². The first-order valence-electron chi connectivity index (χ1n) is 5.24. The van der Waals surface area contributed by atoms with Crippen LogP contribution >= 0.6 is 0 Å². The van der Waals surface area contributed by atoms with Crippen LogP contribution in [0, 0.1) is 17.7 Å². The van der Waals surface area contributed by atoms with Crippen molar-refractivity contribution in [2.45, 2.75) is 0 Å². The fourth-order valence-corrected chi connectivity index (χ4v) is 1.82. The van der Waals surface area contributed by atoms with E-state index in [2.05, 4.69) is 17.4 Å². The van der Waals surface area contributed by atoms with Gasteiger partial charge >= 0.3 is 0 Å². The number of imidazole rings is 1. The molecule has 0 fully saturated rings. The molecule has 3 aromatic rings. The third-order valence-electron chi connectivity index (χ3n) is 2.63. The highest BCUT2D eigenvalue weighted by Gasteiger charge is 2.04. The molecule has 2 aromatic carbocycles. The lowest BCUT2D eigenvalue weighted by molar-refractivity contribution is 1.08. The van der Waals surface area contributed by atoms with Crippen molar-refractivity contribution >= 4 is 11.0 Å². The molecule has 0 aliphatic carbocycles. The zero-order chi connectivity index (χ0) is 11.7. The molecule has 0 aliphatic rings. The lowest BCUT2D eigenvalue weighted by atomic mass is 10.2. The number of fused-ring (bicyclic) bond motifs is 1. The van der Waals surface area contributed by atoms with Gasteiger partial charge in [-0.05, 0) is 30.3 Å². The monoisotopic (exact) mass is 218 g/mol. The van der Waals surface area contributed by atoms with Gasteiger partial charge in [0.05, 0.1) is 22.7 Å². The van der Waals surface area contributed by atoms with E-state index in [1.807, 2.05) is 47.0 Å². The Hall–Kier alpha value is -2.60. The van der Waals surface area contributed by atoms with Crippen LogP contribution in [0.15, 0.2) is 48.5 Å². The zero-order valence-corrected chi connectivity index (χ0v) is 8.96. The number of hydrogen-bond acceptors (Lipinski definition) is 2. The van der Waals surface area contributed by atoms with Crippen LogP contribution in [-0.2, 0) is 0 Å². The molecule has 0 spiro atoms. The Balaban J connectivity index is 2.24. The van der Waals surface area contributed by atoms with E-state index in [0.29, 0.717) is 5.56 Å². The molecule has 79 valence electrons. The first kappa shape index (κ1) is 9.61. The van der Waals surface area contributed by atoms with Crippen LogP contribution in [0.4, 0.5) is 0 Å². The van der Waals surface area contributed by atoms with Gasteiger partial charge in [-0.3, -0.25) is 4.57 Å². The minimum atomic E-state index is 0.633. The Morgan fingerprint density at radius 1 is 1.12 bits per heavy atom. The summed E-state index contributed by atoms with van der Waals surface area (Å²) in [4.78, 5) is 4.21. The van der Waals surface area contributed by atoms with E-state index in [9.17, 15) is 0 Å². The Bertz CT molecular complexity index is 719. The van der Waals surface area contributed by atoms with Crippen molar-refractivity contribution in [1.29, 1.82) is 5.26 Å². The molecule has 1 heterocycles. The third kappa shape index (κ3) is 1.56. The van der Waals surface area contributed by atoms with Crippen LogP contribution in [-0.4, -0.2) is 9.55 Å². The lowest BCUT2D eigenvalue weighted by Gasteiger charge is -2.03. The highest BCUT2D eigenvalue weighted by molar-refractivity contribution is 5.77. The molecule has 0 amide bonds. The summed E-state index contributed by atoms with van der Waals surface area (Å²) in [7, 11) is 0. The van der Waals surface area contributed by atoms with E-state index < -0.39 is 0 Å². The molecule has 0 bridgehead atoms. The summed E-state index contributed by atoms with van der Waals surface area (Å²) >= 11 is 0. The van der Waals surface area contributed by atoms with Gasteiger partial charge in [0.1, 0.15) is 0 Å². The molecular formula is C14H8N3. The second-order valence-corrected chi connectivity index (χ2v) is 3.70. The van der Waals surface area contributed by atoms with Crippen molar-refractivity contribution in [3.05, 3.63) is 60.4 Å². The second kappa shape index (κ2) is 3.76. The molecule has 3 heteroatoms. The molecule has 0 saturated carbocycles. The van der Waals surface area contributed by atoms with Crippen molar-refractivity contribution in [3.8, 4) is 11.8 Å². The summed E-state index contributed by atoms with van der Waals surface area (Å²) in [5.74, 6) is 0. The third-order valence-corrected chi connectivity index (χ3v) is 2.63. The zero-order valence-electron chi connectivity index (χ0n) is 8.96. The topological polar surface area (TPSA) is 41.6 Å². The molecule has 0 atom stereocenters. The van der Waals surface area contributed by atoms with Gasteiger partial charge in [-0.1, -0.05) is 18.2 Å². The highest BCUT2D eigenvalue weighted by atomic mass is 15.0. The minimum Gasteiger partial charge on any atom is -0.290 e. The van der Waals surface area contributed by atoms with E-state index in [-0.39, 0.29) is 0 Å². The quantitative estimate of drug-likeness (QED) is 0.630. The number of aromatic nitrogens is 2. The van der Waals surface area contributed by atoms with Crippen LogP contribution < -0.4 is 0 Å². The normalized spacial score (nSPS) is 10.3. The number of benzene rings is 2. The van der Waals surface area contributed by atoms with Gasteiger partial charge in [0.2, 0.25) is 0 Å². The average molecular weight is 218 g/mol. The van der Waals surface area contributed by atoms with Crippen LogP contribution in [0.25, 0.3) is 16.7 Å². The van der Waals surface area contributed by atoms with Gasteiger partial charge in [-0.2, -0.15) is 5.26 Å². The Morgan fingerprint density at radius 2 is 2.00 bits per heavy atom. The largest absolute Gasteiger partial charge is 0.290 e. The first-order valence-corrected chi connectivity index (χ1v) is 5.24. The Kier molecular flexibility index (Phi) is 2.13. The van der Waals surface area contributed by atoms with E-state index in [0.717, 1.165) is 16.7 Å². The summed E-state index contributed by atoms with van der Waals surface area (Å²) in [6, 6.07) is 17.4. The van der Waals surface area contributed by atoms with Crippen LogP contribution in [0.2, 0.25) is 0 Å². The van der Waals surface area contributed by atoms with Crippen LogP contribution in [0.5, 0.6) is 0 Å². The fourth-order valence-electron chi connectivity index (χ4n) is 1.82. The molecule has 0 N–H and O–H groups in total. The summed E-state index contributed by atoms with van der Waals surface area (Å²) in [5.41, 5.74) is 3.42. The summed E-state index contributed by atoms with van der Waals surface area (Å²) in [6.07, 6.45) is 2.94. The number of hydrogen-bond donors (Lipinski definition) is 0. The Labute approximate surface area is 98.6 Å². The predicted octanol–water partition coefficient (Wildman–Crippen LogP) is 2.70. The van der Waals surface area contributed by atoms with Gasteiger partial charge in [0, 0.05) is 5.69 Å². The summed E-state index contributed by atoms with van der Waals surface area (Å²) in [5, 5.41) is 8.89. The maximum atomic E-state index is 8.89. The summed E-state index contributed by atoms with van der Waals surface area (Å²) in [6.45, 7) is 0. The second-order valence-electron chi connectivity index (χ2n) is 3.70. The van der Waals surface area contributed by atoms with Crippen molar-refractivity contribution in [1.82, 2.24) is 9.55 Å². The van der Waals surface area contributed by atoms with Crippen LogP contribution in [0.1, 0.15) is 5.56 Å². The van der Waals surface area contributed by atoms with E-state index >= 15 is 0 Å². The van der Waals surface area contributed by atoms with Crippen LogP contribution in [0.3, 0.4) is 0 Å². The van der Waals surface area contributed by atoms with E-state index in [1.165, 1.54) is 0 Å². The van der Waals surface area contributed by atoms with Crippen molar-refractivity contribution in [3.63, 3.8) is 0 Å². The molecule has 3 nitrogen and oxygen atoms in total. The maximum absolute atomic E-state index is 8.89. The molecule has 0 unspecified atom stereocenters. The SMILES string of the molecule is N#Cc1cccc(-n2[c]nc3ccccc32)c1. The lowest BCUT2D eigenvalue weighted by Crippen LogP contribution is -1.92. The average Bonchev–Trinajstić information content (AvgIpc) is 2.82. The summed E-state index contributed by atoms with van der Waals surface area (Å²) < 4.78 is 1.86. The first-order chi connectivity index (χ1) is 8.38. The Morgan fingerprint density at radius 3 is 2.88 bits per heavy atom.